The van der Waals surface area contributed by atoms with Crippen molar-refractivity contribution in [3.05, 3.63) is 47.8 Å². The normalized spacial score (nSPS) is 14.7. The Balaban J connectivity index is 1.65. The maximum atomic E-state index is 4.71. The summed E-state index contributed by atoms with van der Waals surface area (Å²) in [4.78, 5) is 12.6. The van der Waals surface area contributed by atoms with Crippen molar-refractivity contribution in [3.63, 3.8) is 0 Å². The number of nitrogens with zero attached hydrogens (tertiary/aromatic N) is 2. The minimum atomic E-state index is 0.706. The third kappa shape index (κ3) is 2.54. The molecule has 1 aromatic carbocycles. The summed E-state index contributed by atoms with van der Waals surface area (Å²) in [6, 6.07) is 11.0. The van der Waals surface area contributed by atoms with Gasteiger partial charge in [0.05, 0.1) is 11.7 Å². The Morgan fingerprint density at radius 3 is 3.00 bits per heavy atom. The highest BCUT2D eigenvalue weighted by molar-refractivity contribution is 5.84. The summed E-state index contributed by atoms with van der Waals surface area (Å²) in [6.07, 6.45) is 4.50. The Morgan fingerprint density at radius 1 is 1.29 bits per heavy atom. The second-order valence-corrected chi connectivity index (χ2v) is 5.75. The van der Waals surface area contributed by atoms with Crippen LogP contribution in [0.4, 0.5) is 0 Å². The second kappa shape index (κ2) is 4.97. The summed E-state index contributed by atoms with van der Waals surface area (Å²) in [5, 5.41) is 4.68. The number of nitrogens with one attached hydrogen (secondary N) is 2. The molecule has 1 fully saturated rings. The van der Waals surface area contributed by atoms with E-state index in [0.717, 1.165) is 29.3 Å². The molecule has 0 amide bonds. The Morgan fingerprint density at radius 2 is 2.14 bits per heavy atom. The first-order valence-electron chi connectivity index (χ1n) is 7.43. The van der Waals surface area contributed by atoms with Gasteiger partial charge in [-0.25, -0.2) is 9.97 Å². The SMILES string of the molecule is Cc1cc(-c2ncc(CNC3CC3)[nH]2)nc2ccccc12. The molecule has 1 aliphatic carbocycles. The number of hydrogen-bond acceptors (Lipinski definition) is 3. The van der Waals surface area contributed by atoms with E-state index in [0.29, 0.717) is 6.04 Å². The molecular formula is C17H18N4. The van der Waals surface area contributed by atoms with Crippen LogP contribution in [0.15, 0.2) is 36.5 Å². The Labute approximate surface area is 123 Å². The molecule has 3 aromatic rings. The summed E-state index contributed by atoms with van der Waals surface area (Å²) in [7, 11) is 0. The zero-order valence-electron chi connectivity index (χ0n) is 12.1. The predicted molar refractivity (Wildman–Crippen MR) is 83.9 cm³/mol. The zero-order valence-corrected chi connectivity index (χ0v) is 12.1. The summed E-state index contributed by atoms with van der Waals surface area (Å²) < 4.78 is 0. The van der Waals surface area contributed by atoms with E-state index < -0.39 is 0 Å². The van der Waals surface area contributed by atoms with E-state index in [4.69, 9.17) is 4.98 Å². The van der Waals surface area contributed by atoms with Crippen LogP contribution >= 0.6 is 0 Å². The van der Waals surface area contributed by atoms with E-state index >= 15 is 0 Å². The van der Waals surface area contributed by atoms with E-state index in [1.807, 2.05) is 24.4 Å². The Kier molecular flexibility index (Phi) is 2.97. The van der Waals surface area contributed by atoms with Crippen LogP contribution in [0.3, 0.4) is 0 Å². The van der Waals surface area contributed by atoms with Crippen molar-refractivity contribution in [2.24, 2.45) is 0 Å². The number of fused-ring (bicyclic) bond motifs is 1. The van der Waals surface area contributed by atoms with E-state index in [1.54, 1.807) is 0 Å². The van der Waals surface area contributed by atoms with Gasteiger partial charge in [-0.1, -0.05) is 18.2 Å². The van der Waals surface area contributed by atoms with Crippen molar-refractivity contribution in [2.45, 2.75) is 32.4 Å². The lowest BCUT2D eigenvalue weighted by molar-refractivity contribution is 0.677. The number of aryl methyl sites for hydroxylation is 1. The maximum Gasteiger partial charge on any atom is 0.156 e. The van der Waals surface area contributed by atoms with Gasteiger partial charge >= 0.3 is 0 Å². The molecule has 0 atom stereocenters. The zero-order chi connectivity index (χ0) is 14.2. The van der Waals surface area contributed by atoms with Gasteiger partial charge in [0.25, 0.3) is 0 Å². The van der Waals surface area contributed by atoms with E-state index in [1.165, 1.54) is 23.8 Å². The van der Waals surface area contributed by atoms with Crippen LogP contribution in [0, 0.1) is 6.92 Å². The molecule has 4 rings (SSSR count). The van der Waals surface area contributed by atoms with Gasteiger partial charge in [0.2, 0.25) is 0 Å². The first-order valence-corrected chi connectivity index (χ1v) is 7.43. The molecule has 2 aromatic heterocycles. The average Bonchev–Trinajstić information content (AvgIpc) is 3.21. The van der Waals surface area contributed by atoms with E-state index in [-0.39, 0.29) is 0 Å². The smallest absolute Gasteiger partial charge is 0.156 e. The van der Waals surface area contributed by atoms with Crippen LogP contribution in [-0.4, -0.2) is 21.0 Å². The fraction of sp³-hybridized carbons (Fsp3) is 0.294. The van der Waals surface area contributed by atoms with Crippen LogP contribution in [0.25, 0.3) is 22.4 Å². The Bertz CT molecular complexity index is 786. The number of hydrogen-bond donors (Lipinski definition) is 2. The largest absolute Gasteiger partial charge is 0.339 e. The van der Waals surface area contributed by atoms with Crippen LogP contribution in [0.2, 0.25) is 0 Å². The lowest BCUT2D eigenvalue weighted by Crippen LogP contribution is -2.15. The molecule has 21 heavy (non-hydrogen) atoms. The first kappa shape index (κ1) is 12.5. The molecule has 4 nitrogen and oxygen atoms in total. The van der Waals surface area contributed by atoms with Crippen molar-refractivity contribution in [3.8, 4) is 11.5 Å². The fourth-order valence-electron chi connectivity index (χ4n) is 2.59. The molecule has 106 valence electrons. The van der Waals surface area contributed by atoms with Gasteiger partial charge in [-0.15, -0.1) is 0 Å². The molecule has 4 heteroatoms. The van der Waals surface area contributed by atoms with Crippen LogP contribution < -0.4 is 5.32 Å². The standard InChI is InChI=1S/C17H18N4/c1-11-8-16(21-15-5-3-2-4-14(11)15)17-19-10-13(20-17)9-18-12-6-7-12/h2-5,8,10,12,18H,6-7,9H2,1H3,(H,19,20). The molecule has 0 radical (unpaired) electrons. The van der Waals surface area contributed by atoms with Crippen molar-refractivity contribution in [1.82, 2.24) is 20.3 Å². The van der Waals surface area contributed by atoms with Crippen molar-refractivity contribution in [1.29, 1.82) is 0 Å². The second-order valence-electron chi connectivity index (χ2n) is 5.75. The third-order valence-electron chi connectivity index (χ3n) is 3.95. The lowest BCUT2D eigenvalue weighted by atomic mass is 10.1. The molecule has 0 bridgehead atoms. The molecule has 1 aliphatic rings. The molecule has 2 heterocycles. The fourth-order valence-corrected chi connectivity index (χ4v) is 2.59. The lowest BCUT2D eigenvalue weighted by Gasteiger charge is -2.04. The van der Waals surface area contributed by atoms with Crippen molar-refractivity contribution >= 4 is 10.9 Å². The topological polar surface area (TPSA) is 53.6 Å². The number of pyridine rings is 1. The number of para-hydroxylation sites is 1. The summed E-state index contributed by atoms with van der Waals surface area (Å²) >= 11 is 0. The average molecular weight is 278 g/mol. The quantitative estimate of drug-likeness (QED) is 0.770. The highest BCUT2D eigenvalue weighted by Gasteiger charge is 2.20. The number of benzene rings is 1. The molecular weight excluding hydrogens is 260 g/mol. The molecule has 0 unspecified atom stereocenters. The van der Waals surface area contributed by atoms with Gasteiger partial charge in [-0.3, -0.25) is 0 Å². The summed E-state index contributed by atoms with van der Waals surface area (Å²) in [5.41, 5.74) is 4.26. The van der Waals surface area contributed by atoms with Gasteiger partial charge in [0, 0.05) is 23.7 Å². The highest BCUT2D eigenvalue weighted by atomic mass is 15.0. The van der Waals surface area contributed by atoms with Gasteiger partial charge in [-0.05, 0) is 37.5 Å². The van der Waals surface area contributed by atoms with Gasteiger partial charge in [-0.2, -0.15) is 0 Å². The van der Waals surface area contributed by atoms with Gasteiger partial charge < -0.3 is 10.3 Å². The van der Waals surface area contributed by atoms with Crippen molar-refractivity contribution < 1.29 is 0 Å². The monoisotopic (exact) mass is 278 g/mol. The minimum absolute atomic E-state index is 0.706. The molecule has 0 aliphatic heterocycles. The number of rotatable bonds is 4. The number of imidazole rings is 1. The predicted octanol–water partition coefficient (Wildman–Crippen LogP) is 3.19. The summed E-state index contributed by atoms with van der Waals surface area (Å²) in [6.45, 7) is 2.97. The minimum Gasteiger partial charge on any atom is -0.339 e. The number of H-pyrrole nitrogens is 1. The van der Waals surface area contributed by atoms with Crippen LogP contribution in [0.5, 0.6) is 0 Å². The van der Waals surface area contributed by atoms with Gasteiger partial charge in [0.15, 0.2) is 5.82 Å². The van der Waals surface area contributed by atoms with E-state index in [9.17, 15) is 0 Å². The molecule has 2 N–H and O–H groups in total. The third-order valence-corrected chi connectivity index (χ3v) is 3.95. The highest BCUT2D eigenvalue weighted by Crippen LogP contribution is 2.23. The molecule has 1 saturated carbocycles. The Hall–Kier alpha value is -2.20. The number of aromatic nitrogens is 3. The van der Waals surface area contributed by atoms with Crippen LogP contribution in [0.1, 0.15) is 24.1 Å². The van der Waals surface area contributed by atoms with Gasteiger partial charge in [0.1, 0.15) is 5.69 Å². The van der Waals surface area contributed by atoms with Crippen LogP contribution in [-0.2, 0) is 6.54 Å². The molecule has 0 spiro atoms. The maximum absolute atomic E-state index is 4.71. The first-order chi connectivity index (χ1) is 10.3. The van der Waals surface area contributed by atoms with E-state index in [2.05, 4.69) is 34.3 Å². The van der Waals surface area contributed by atoms with Crippen molar-refractivity contribution in [2.75, 3.05) is 0 Å². The number of aromatic amines is 1. The summed E-state index contributed by atoms with van der Waals surface area (Å²) in [5.74, 6) is 0.844. The molecule has 0 saturated heterocycles.